The monoisotopic (exact) mass is 502 g/mol. The average molecular weight is 503 g/mol. The number of piperidine rings is 1. The van der Waals surface area contributed by atoms with Gasteiger partial charge in [-0.25, -0.2) is 4.98 Å². The van der Waals surface area contributed by atoms with Crippen molar-refractivity contribution < 1.29 is 9.53 Å². The minimum absolute atomic E-state index is 0.0149. The number of aromatic nitrogens is 2. The third-order valence-corrected chi connectivity index (χ3v) is 8.47. The van der Waals surface area contributed by atoms with E-state index in [1.807, 2.05) is 30.3 Å². The lowest BCUT2D eigenvalue weighted by atomic mass is 9.80. The van der Waals surface area contributed by atoms with Gasteiger partial charge in [-0.05, 0) is 94.3 Å². The molecule has 37 heavy (non-hydrogen) atoms. The number of nitriles is 1. The zero-order valence-corrected chi connectivity index (χ0v) is 21.8. The summed E-state index contributed by atoms with van der Waals surface area (Å²) in [5.74, 6) is 1.23. The van der Waals surface area contributed by atoms with Crippen LogP contribution in [-0.2, 0) is 6.54 Å². The third kappa shape index (κ3) is 6.58. The molecule has 2 aliphatic carbocycles. The van der Waals surface area contributed by atoms with Crippen LogP contribution in [0.15, 0.2) is 30.3 Å². The molecule has 0 radical (unpaired) electrons. The quantitative estimate of drug-likeness (QED) is 0.524. The van der Waals surface area contributed by atoms with Gasteiger partial charge in [0.1, 0.15) is 17.5 Å². The molecule has 2 N–H and O–H groups in total. The normalized spacial score (nSPS) is 19.8. The van der Waals surface area contributed by atoms with Crippen LogP contribution in [-0.4, -0.2) is 54.1 Å². The summed E-state index contributed by atoms with van der Waals surface area (Å²) < 4.78 is 6.17. The van der Waals surface area contributed by atoms with Crippen LogP contribution >= 0.6 is 0 Å². The number of carbonyl (C=O) groups excluding carboxylic acids is 1. The maximum atomic E-state index is 13.5. The first-order chi connectivity index (χ1) is 18.0. The van der Waals surface area contributed by atoms with Crippen LogP contribution in [0, 0.1) is 28.6 Å². The summed E-state index contributed by atoms with van der Waals surface area (Å²) in [6.07, 6.45) is 9.82. The molecule has 1 amide bonds. The van der Waals surface area contributed by atoms with E-state index < -0.39 is 0 Å². The van der Waals surface area contributed by atoms with E-state index in [-0.39, 0.29) is 23.2 Å². The molecule has 1 aromatic heterocycles. The van der Waals surface area contributed by atoms with E-state index in [0.29, 0.717) is 36.2 Å². The molecule has 0 unspecified atom stereocenters. The van der Waals surface area contributed by atoms with E-state index in [4.69, 9.17) is 4.74 Å². The van der Waals surface area contributed by atoms with Crippen molar-refractivity contribution in [2.75, 3.05) is 38.6 Å². The van der Waals surface area contributed by atoms with Crippen LogP contribution in [0.1, 0.15) is 73.1 Å². The van der Waals surface area contributed by atoms with Crippen LogP contribution in [0.4, 0.5) is 5.82 Å². The number of hydrogen-bond acceptors (Lipinski definition) is 7. The van der Waals surface area contributed by atoms with Crippen molar-refractivity contribution in [2.45, 2.75) is 57.9 Å². The summed E-state index contributed by atoms with van der Waals surface area (Å²) in [5.41, 5.74) is 1.93. The number of carbonyl (C=O) groups is 1. The lowest BCUT2D eigenvalue weighted by molar-refractivity contribution is 0.0942. The standard InChI is InChI=1S/C29H38N6O2/c1-35-15-9-23(10-16-35)20-37-28-25(27(36)32-19-21-5-3-2-4-6-21)26(33-24(17-30)34-28)31-18-22-7-11-29(12-8-22)13-14-29/h2-6,22-23H,7-16,18-20H2,1H3,(H,32,36)(H,31,33,34). The van der Waals surface area contributed by atoms with Gasteiger partial charge in [0.2, 0.25) is 11.7 Å². The number of likely N-dealkylation sites (tertiary alicyclic amines) is 1. The van der Waals surface area contributed by atoms with Gasteiger partial charge in [-0.2, -0.15) is 10.2 Å². The number of amides is 1. The fourth-order valence-electron chi connectivity index (χ4n) is 5.63. The molecular weight excluding hydrogens is 464 g/mol. The minimum Gasteiger partial charge on any atom is -0.477 e. The number of benzene rings is 1. The molecule has 8 heteroatoms. The molecule has 1 aliphatic heterocycles. The van der Waals surface area contributed by atoms with E-state index in [9.17, 15) is 10.1 Å². The van der Waals surface area contributed by atoms with Crippen LogP contribution in [0.3, 0.4) is 0 Å². The Morgan fingerprint density at radius 2 is 1.81 bits per heavy atom. The van der Waals surface area contributed by atoms with Crippen LogP contribution in [0.2, 0.25) is 0 Å². The van der Waals surface area contributed by atoms with E-state index in [2.05, 4.69) is 38.6 Å². The van der Waals surface area contributed by atoms with Crippen molar-refractivity contribution in [3.63, 3.8) is 0 Å². The zero-order chi connectivity index (χ0) is 25.7. The van der Waals surface area contributed by atoms with Crippen molar-refractivity contribution in [2.24, 2.45) is 17.3 Å². The third-order valence-electron chi connectivity index (χ3n) is 8.47. The molecular formula is C29H38N6O2. The van der Waals surface area contributed by atoms with Crippen molar-refractivity contribution >= 4 is 11.7 Å². The van der Waals surface area contributed by atoms with Crippen LogP contribution in [0.5, 0.6) is 5.88 Å². The second-order valence-electron chi connectivity index (χ2n) is 11.2. The number of anilines is 1. The van der Waals surface area contributed by atoms with Crippen LogP contribution < -0.4 is 15.4 Å². The largest absolute Gasteiger partial charge is 0.477 e. The Kier molecular flexibility index (Phi) is 7.90. The summed E-state index contributed by atoms with van der Waals surface area (Å²) in [4.78, 5) is 24.6. The average Bonchev–Trinajstić information content (AvgIpc) is 3.70. The van der Waals surface area contributed by atoms with Gasteiger partial charge >= 0.3 is 0 Å². The highest BCUT2D eigenvalue weighted by Crippen LogP contribution is 2.57. The zero-order valence-electron chi connectivity index (χ0n) is 21.8. The summed E-state index contributed by atoms with van der Waals surface area (Å²) in [7, 11) is 2.13. The first kappa shape index (κ1) is 25.5. The van der Waals surface area contributed by atoms with Crippen molar-refractivity contribution in [3.05, 3.63) is 47.3 Å². The van der Waals surface area contributed by atoms with E-state index in [1.54, 1.807) is 0 Å². The summed E-state index contributed by atoms with van der Waals surface area (Å²) >= 11 is 0. The molecule has 2 saturated carbocycles. The van der Waals surface area contributed by atoms with Gasteiger partial charge in [0, 0.05) is 13.1 Å². The number of ether oxygens (including phenoxy) is 1. The fraction of sp³-hybridized carbons (Fsp3) is 0.586. The Hall–Kier alpha value is -3.18. The van der Waals surface area contributed by atoms with E-state index in [1.165, 1.54) is 38.5 Å². The summed E-state index contributed by atoms with van der Waals surface area (Å²) in [5, 5.41) is 16.1. The fourth-order valence-corrected chi connectivity index (χ4v) is 5.63. The summed E-state index contributed by atoms with van der Waals surface area (Å²) in [6.45, 7) is 3.64. The predicted octanol–water partition coefficient (Wildman–Crippen LogP) is 4.38. The Morgan fingerprint density at radius 1 is 1.08 bits per heavy atom. The molecule has 2 aromatic rings. The minimum atomic E-state index is -0.296. The number of rotatable bonds is 9. The number of nitrogens with one attached hydrogen (secondary N) is 2. The highest BCUT2D eigenvalue weighted by atomic mass is 16.5. The molecule has 1 aromatic carbocycles. The van der Waals surface area contributed by atoms with E-state index in [0.717, 1.165) is 38.0 Å². The predicted molar refractivity (Wildman–Crippen MR) is 142 cm³/mol. The molecule has 5 rings (SSSR count). The van der Waals surface area contributed by atoms with Crippen molar-refractivity contribution in [3.8, 4) is 11.9 Å². The molecule has 1 spiro atoms. The SMILES string of the molecule is CN1CCC(COc2nc(C#N)nc(NCC3CCC4(CC3)CC4)c2C(=O)NCc2ccccc2)CC1. The maximum absolute atomic E-state index is 13.5. The second kappa shape index (κ2) is 11.5. The van der Waals surface area contributed by atoms with Gasteiger partial charge in [0.15, 0.2) is 0 Å². The molecule has 2 heterocycles. The van der Waals surface area contributed by atoms with Crippen molar-refractivity contribution in [1.82, 2.24) is 20.2 Å². The smallest absolute Gasteiger partial charge is 0.260 e. The van der Waals surface area contributed by atoms with Crippen LogP contribution in [0.25, 0.3) is 0 Å². The Labute approximate surface area is 219 Å². The summed E-state index contributed by atoms with van der Waals surface area (Å²) in [6, 6.07) is 11.9. The Morgan fingerprint density at radius 3 is 2.49 bits per heavy atom. The van der Waals surface area contributed by atoms with Gasteiger partial charge in [0.05, 0.1) is 6.61 Å². The molecule has 0 bridgehead atoms. The maximum Gasteiger partial charge on any atom is 0.260 e. The highest BCUT2D eigenvalue weighted by molar-refractivity contribution is 6.01. The molecule has 3 fully saturated rings. The molecule has 1 saturated heterocycles. The van der Waals surface area contributed by atoms with Gasteiger partial charge in [-0.3, -0.25) is 4.79 Å². The molecule has 0 atom stereocenters. The van der Waals surface area contributed by atoms with Gasteiger partial charge in [-0.15, -0.1) is 0 Å². The topological polar surface area (TPSA) is 103 Å². The first-order valence-corrected chi connectivity index (χ1v) is 13.7. The molecule has 196 valence electrons. The van der Waals surface area contributed by atoms with Gasteiger partial charge in [-0.1, -0.05) is 30.3 Å². The lowest BCUT2D eigenvalue weighted by Gasteiger charge is -2.29. The van der Waals surface area contributed by atoms with Gasteiger partial charge in [0.25, 0.3) is 5.91 Å². The Bertz CT molecular complexity index is 1110. The van der Waals surface area contributed by atoms with Crippen molar-refractivity contribution in [1.29, 1.82) is 5.26 Å². The molecule has 3 aliphatic rings. The molecule has 8 nitrogen and oxygen atoms in total. The number of hydrogen-bond donors (Lipinski definition) is 2. The van der Waals surface area contributed by atoms with E-state index >= 15 is 0 Å². The first-order valence-electron chi connectivity index (χ1n) is 13.7. The lowest BCUT2D eigenvalue weighted by Crippen LogP contribution is -2.33. The second-order valence-corrected chi connectivity index (χ2v) is 11.2. The highest BCUT2D eigenvalue weighted by Gasteiger charge is 2.44. The number of nitrogens with zero attached hydrogens (tertiary/aromatic N) is 4. The Balaban J connectivity index is 1.33. The van der Waals surface area contributed by atoms with Gasteiger partial charge < -0.3 is 20.3 Å².